The molecule has 5 aromatic carbocycles. The molecule has 12 heteroatoms. The van der Waals surface area contributed by atoms with Gasteiger partial charge in [0.25, 0.3) is 0 Å². The lowest BCUT2D eigenvalue weighted by Crippen LogP contribution is -2.14. The van der Waals surface area contributed by atoms with E-state index in [1.165, 1.54) is 84.9 Å². The lowest BCUT2D eigenvalue weighted by molar-refractivity contribution is -0.140. The van der Waals surface area contributed by atoms with Crippen molar-refractivity contribution in [3.63, 3.8) is 0 Å². The fourth-order valence-electron chi connectivity index (χ4n) is 4.30. The minimum atomic E-state index is -3.85. The summed E-state index contributed by atoms with van der Waals surface area (Å²) in [4.78, 5) is 24.6. The van der Waals surface area contributed by atoms with Gasteiger partial charge in [0, 0.05) is 0 Å². The van der Waals surface area contributed by atoms with Crippen LogP contribution < -0.4 is 14.2 Å². The molecule has 0 aliphatic carbocycles. The Morgan fingerprint density at radius 3 is 1.26 bits per heavy atom. The van der Waals surface area contributed by atoms with E-state index in [1.807, 2.05) is 30.3 Å². The summed E-state index contributed by atoms with van der Waals surface area (Å²) in [5.74, 6) is -0.846. The van der Waals surface area contributed by atoms with Crippen LogP contribution in [-0.2, 0) is 35.9 Å². The standard InChI is InChI=1S/C35H28O10S2/c36-26-6-14-30(15-7-26)46(39,40)32-18-10-28(11-19-32)44-34(37)22-23-35(38)45-29-12-20-33(21-13-29)47(41,42)31-16-8-27(9-17-31)43-24-25-4-2-1-3-5-25/h1-21,36H,22-24H2. The van der Waals surface area contributed by atoms with E-state index < -0.39 is 31.6 Å². The molecule has 5 rings (SSSR count). The smallest absolute Gasteiger partial charge is 0.311 e. The van der Waals surface area contributed by atoms with E-state index >= 15 is 0 Å². The summed E-state index contributed by atoms with van der Waals surface area (Å²) >= 11 is 0. The maximum absolute atomic E-state index is 13.1. The average molecular weight is 673 g/mol. The van der Waals surface area contributed by atoms with Crippen molar-refractivity contribution in [3.8, 4) is 23.0 Å². The maximum Gasteiger partial charge on any atom is 0.311 e. The molecule has 0 heterocycles. The van der Waals surface area contributed by atoms with E-state index in [4.69, 9.17) is 14.2 Å². The highest BCUT2D eigenvalue weighted by molar-refractivity contribution is 7.91. The van der Waals surface area contributed by atoms with Gasteiger partial charge in [-0.3, -0.25) is 9.59 Å². The molecular weight excluding hydrogens is 645 g/mol. The summed E-state index contributed by atoms with van der Waals surface area (Å²) in [6.07, 6.45) is -0.630. The van der Waals surface area contributed by atoms with Gasteiger partial charge in [-0.25, -0.2) is 16.8 Å². The van der Waals surface area contributed by atoms with Gasteiger partial charge >= 0.3 is 11.9 Å². The largest absolute Gasteiger partial charge is 0.508 e. The van der Waals surface area contributed by atoms with Crippen molar-refractivity contribution in [3.05, 3.63) is 133 Å². The van der Waals surface area contributed by atoms with Crippen LogP contribution in [0.2, 0.25) is 0 Å². The number of hydrogen-bond donors (Lipinski definition) is 1. The molecule has 0 saturated heterocycles. The van der Waals surface area contributed by atoms with Crippen molar-refractivity contribution in [2.24, 2.45) is 0 Å². The molecule has 240 valence electrons. The number of carbonyl (C=O) groups is 2. The Kier molecular flexibility index (Phi) is 10.0. The number of hydrogen-bond acceptors (Lipinski definition) is 10. The molecule has 0 radical (unpaired) electrons. The maximum atomic E-state index is 13.1. The van der Waals surface area contributed by atoms with Crippen LogP contribution in [0.3, 0.4) is 0 Å². The number of ether oxygens (including phenoxy) is 3. The van der Waals surface area contributed by atoms with Gasteiger partial charge in [-0.15, -0.1) is 0 Å². The van der Waals surface area contributed by atoms with Crippen LogP contribution in [0.1, 0.15) is 18.4 Å². The molecule has 0 unspecified atom stereocenters. The van der Waals surface area contributed by atoms with Gasteiger partial charge in [0.2, 0.25) is 19.7 Å². The minimum Gasteiger partial charge on any atom is -0.508 e. The van der Waals surface area contributed by atoms with Gasteiger partial charge in [-0.1, -0.05) is 30.3 Å². The fourth-order valence-corrected chi connectivity index (χ4v) is 6.82. The lowest BCUT2D eigenvalue weighted by Gasteiger charge is -2.09. The molecule has 0 fully saturated rings. The second-order valence-corrected chi connectivity index (χ2v) is 14.0. The summed E-state index contributed by atoms with van der Waals surface area (Å²) < 4.78 is 67.8. The van der Waals surface area contributed by atoms with E-state index in [0.717, 1.165) is 5.56 Å². The van der Waals surface area contributed by atoms with Crippen molar-refractivity contribution in [2.45, 2.75) is 39.0 Å². The van der Waals surface area contributed by atoms with E-state index in [2.05, 4.69) is 0 Å². The Morgan fingerprint density at radius 2 is 0.851 bits per heavy atom. The molecule has 0 amide bonds. The van der Waals surface area contributed by atoms with Crippen LogP contribution in [0, 0.1) is 0 Å². The Hall–Kier alpha value is -5.46. The number of benzene rings is 5. The monoisotopic (exact) mass is 672 g/mol. The molecule has 0 saturated carbocycles. The van der Waals surface area contributed by atoms with Crippen LogP contribution in [0.25, 0.3) is 0 Å². The van der Waals surface area contributed by atoms with Crippen LogP contribution >= 0.6 is 0 Å². The first-order valence-electron chi connectivity index (χ1n) is 14.2. The Bertz CT molecular complexity index is 2060. The first-order valence-corrected chi connectivity index (χ1v) is 17.1. The first kappa shape index (κ1) is 32.9. The normalized spacial score (nSPS) is 11.4. The number of phenols is 1. The molecule has 0 spiro atoms. The second-order valence-electron chi connectivity index (χ2n) is 10.1. The lowest BCUT2D eigenvalue weighted by atomic mass is 10.2. The molecule has 47 heavy (non-hydrogen) atoms. The molecule has 0 aromatic heterocycles. The number of sulfone groups is 2. The van der Waals surface area contributed by atoms with Gasteiger partial charge < -0.3 is 19.3 Å². The third-order valence-electron chi connectivity index (χ3n) is 6.79. The number of esters is 2. The van der Waals surface area contributed by atoms with E-state index in [9.17, 15) is 31.5 Å². The second kappa shape index (κ2) is 14.3. The van der Waals surface area contributed by atoms with Crippen molar-refractivity contribution >= 4 is 31.6 Å². The zero-order valence-electron chi connectivity index (χ0n) is 24.7. The summed E-state index contributed by atoms with van der Waals surface area (Å²) in [6, 6.07) is 31.2. The number of phenolic OH excluding ortho intramolecular Hbond substituents is 1. The predicted octanol–water partition coefficient (Wildman–Crippen LogP) is 5.93. The van der Waals surface area contributed by atoms with Gasteiger partial charge in [-0.05, 0) is 103 Å². The third kappa shape index (κ3) is 8.43. The third-order valence-corrected chi connectivity index (χ3v) is 10.4. The highest BCUT2D eigenvalue weighted by atomic mass is 32.2. The average Bonchev–Trinajstić information content (AvgIpc) is 3.08. The van der Waals surface area contributed by atoms with Crippen LogP contribution in [0.4, 0.5) is 0 Å². The van der Waals surface area contributed by atoms with Crippen LogP contribution in [0.15, 0.2) is 147 Å². The van der Waals surface area contributed by atoms with Crippen LogP contribution in [-0.4, -0.2) is 33.9 Å². The predicted molar refractivity (Wildman–Crippen MR) is 170 cm³/mol. The van der Waals surface area contributed by atoms with Crippen molar-refractivity contribution in [1.82, 2.24) is 0 Å². The SMILES string of the molecule is O=C(CCC(=O)Oc1ccc(S(=O)(=O)c2ccc(OCc3ccccc3)cc2)cc1)Oc1ccc(S(=O)(=O)c2ccc(O)cc2)cc1. The summed E-state index contributed by atoms with van der Waals surface area (Å²) in [7, 11) is -7.69. The number of rotatable bonds is 12. The van der Waals surface area contributed by atoms with Gasteiger partial charge in [-0.2, -0.15) is 0 Å². The van der Waals surface area contributed by atoms with E-state index in [-0.39, 0.29) is 49.7 Å². The molecule has 1 N–H and O–H groups in total. The Morgan fingerprint density at radius 1 is 0.489 bits per heavy atom. The van der Waals surface area contributed by atoms with Crippen molar-refractivity contribution < 1.29 is 45.7 Å². The molecule has 10 nitrogen and oxygen atoms in total. The van der Waals surface area contributed by atoms with Gasteiger partial charge in [0.15, 0.2) is 0 Å². The summed E-state index contributed by atoms with van der Waals surface area (Å²) in [5, 5.41) is 9.38. The molecule has 0 aliphatic heterocycles. The Balaban J connectivity index is 1.10. The minimum absolute atomic E-state index is 0.000662. The fraction of sp³-hybridized carbons (Fsp3) is 0.0857. The van der Waals surface area contributed by atoms with Gasteiger partial charge in [0.1, 0.15) is 29.6 Å². The zero-order chi connectivity index (χ0) is 33.4. The van der Waals surface area contributed by atoms with Crippen molar-refractivity contribution in [1.29, 1.82) is 0 Å². The molecular formula is C35H28O10S2. The number of aromatic hydroxyl groups is 1. The first-order chi connectivity index (χ1) is 22.5. The molecule has 5 aromatic rings. The Labute approximate surface area is 271 Å². The molecule has 0 atom stereocenters. The van der Waals surface area contributed by atoms with Crippen molar-refractivity contribution in [2.75, 3.05) is 0 Å². The van der Waals surface area contributed by atoms with Gasteiger partial charge in [0.05, 0.1) is 32.4 Å². The summed E-state index contributed by atoms with van der Waals surface area (Å²) in [6.45, 7) is 0.347. The topological polar surface area (TPSA) is 150 Å². The highest BCUT2D eigenvalue weighted by Gasteiger charge is 2.20. The summed E-state index contributed by atoms with van der Waals surface area (Å²) in [5.41, 5.74) is 0.983. The zero-order valence-corrected chi connectivity index (χ0v) is 26.3. The van der Waals surface area contributed by atoms with E-state index in [0.29, 0.717) is 12.4 Å². The molecule has 0 aliphatic rings. The highest BCUT2D eigenvalue weighted by Crippen LogP contribution is 2.27. The molecule has 0 bridgehead atoms. The number of carbonyl (C=O) groups excluding carboxylic acids is 2. The van der Waals surface area contributed by atoms with Crippen LogP contribution in [0.5, 0.6) is 23.0 Å². The quantitative estimate of drug-likeness (QED) is 0.125. The van der Waals surface area contributed by atoms with E-state index in [1.54, 1.807) is 12.1 Å².